The average Bonchev–Trinajstić information content (AvgIpc) is 3.39. The maximum absolute atomic E-state index is 14.1. The number of halogens is 2. The van der Waals surface area contributed by atoms with Gasteiger partial charge < -0.3 is 14.5 Å². The third-order valence-electron chi connectivity index (χ3n) is 7.04. The zero-order chi connectivity index (χ0) is 25.5. The Morgan fingerprint density at radius 3 is 2.68 bits per heavy atom. The molecule has 0 saturated carbocycles. The van der Waals surface area contributed by atoms with Gasteiger partial charge in [-0.2, -0.15) is 0 Å². The molecule has 4 aromatic rings. The highest BCUT2D eigenvalue weighted by molar-refractivity contribution is 5.75. The van der Waals surface area contributed by atoms with Crippen molar-refractivity contribution >= 4 is 17.4 Å². The summed E-state index contributed by atoms with van der Waals surface area (Å²) >= 11 is 0. The summed E-state index contributed by atoms with van der Waals surface area (Å²) in [6.45, 7) is 3.92. The molecule has 0 radical (unpaired) electrons. The minimum atomic E-state index is -0.696. The fraction of sp³-hybridized carbons (Fsp3) is 0.333. The molecule has 0 aliphatic carbocycles. The van der Waals surface area contributed by atoms with E-state index in [2.05, 4.69) is 9.88 Å². The van der Waals surface area contributed by atoms with E-state index in [1.165, 1.54) is 12.1 Å². The molecule has 37 heavy (non-hydrogen) atoms. The second kappa shape index (κ2) is 9.42. The molecule has 5 heterocycles. The number of fused-ring (bicyclic) bond motifs is 2. The normalized spacial score (nSPS) is 16.2. The number of hydrogen-bond acceptors (Lipinski definition) is 6. The molecule has 0 unspecified atom stereocenters. The fourth-order valence-electron chi connectivity index (χ4n) is 5.06. The number of carbonyl (C=O) groups excluding carboxylic acids is 1. The van der Waals surface area contributed by atoms with Gasteiger partial charge in [0.25, 0.3) is 0 Å². The topological polar surface area (TPSA) is 75.9 Å². The highest BCUT2D eigenvalue weighted by Crippen LogP contribution is 2.33. The molecule has 8 nitrogen and oxygen atoms in total. The van der Waals surface area contributed by atoms with Gasteiger partial charge in [0.05, 0.1) is 23.6 Å². The fourth-order valence-corrected chi connectivity index (χ4v) is 5.06. The third-order valence-corrected chi connectivity index (χ3v) is 7.04. The number of carbonyl (C=O) groups is 1. The molecule has 6 rings (SSSR count). The number of pyridine rings is 1. The monoisotopic (exact) mass is 504 g/mol. The average molecular weight is 505 g/mol. The minimum Gasteiger partial charge on any atom is -0.487 e. The van der Waals surface area contributed by atoms with Gasteiger partial charge in [-0.1, -0.05) is 6.07 Å². The van der Waals surface area contributed by atoms with E-state index in [0.717, 1.165) is 40.3 Å². The zero-order valence-corrected chi connectivity index (χ0v) is 20.4. The molecule has 2 aliphatic rings. The molecule has 0 N–H and O–H groups in total. The van der Waals surface area contributed by atoms with Crippen molar-refractivity contribution < 1.29 is 18.3 Å². The number of amides is 1. The molecule has 1 amide bonds. The Kier molecular flexibility index (Phi) is 5.94. The number of nitrogens with zero attached hydrogens (tertiary/aromatic N) is 6. The predicted octanol–water partition coefficient (Wildman–Crippen LogP) is 4.02. The van der Waals surface area contributed by atoms with Gasteiger partial charge in [-0.15, -0.1) is 0 Å². The number of benzene rings is 1. The second-order valence-electron chi connectivity index (χ2n) is 9.43. The van der Waals surface area contributed by atoms with Crippen LogP contribution in [0.2, 0.25) is 0 Å². The van der Waals surface area contributed by atoms with Crippen LogP contribution in [0.25, 0.3) is 17.0 Å². The van der Waals surface area contributed by atoms with Crippen molar-refractivity contribution in [3.05, 3.63) is 71.8 Å². The number of imidazole rings is 1. The van der Waals surface area contributed by atoms with E-state index in [-0.39, 0.29) is 17.8 Å². The van der Waals surface area contributed by atoms with E-state index in [0.29, 0.717) is 45.4 Å². The Morgan fingerprint density at radius 2 is 1.89 bits per heavy atom. The maximum atomic E-state index is 14.1. The first kappa shape index (κ1) is 23.3. The lowest BCUT2D eigenvalue weighted by Gasteiger charge is -2.35. The van der Waals surface area contributed by atoms with E-state index in [1.54, 1.807) is 18.0 Å². The summed E-state index contributed by atoms with van der Waals surface area (Å²) in [5, 5.41) is 0. The molecule has 0 bridgehead atoms. The lowest BCUT2D eigenvalue weighted by atomic mass is 10.1. The van der Waals surface area contributed by atoms with E-state index in [1.807, 2.05) is 28.8 Å². The van der Waals surface area contributed by atoms with Gasteiger partial charge in [0.15, 0.2) is 17.4 Å². The Labute approximate surface area is 212 Å². The molecular weight excluding hydrogens is 478 g/mol. The van der Waals surface area contributed by atoms with Gasteiger partial charge >= 0.3 is 0 Å². The van der Waals surface area contributed by atoms with Crippen molar-refractivity contribution in [3.63, 3.8) is 0 Å². The van der Waals surface area contributed by atoms with Gasteiger partial charge in [0.1, 0.15) is 23.3 Å². The van der Waals surface area contributed by atoms with Crippen LogP contribution in [0.3, 0.4) is 0 Å². The van der Waals surface area contributed by atoms with Crippen LogP contribution in [0.15, 0.2) is 48.8 Å². The molecule has 1 aromatic carbocycles. The van der Waals surface area contributed by atoms with Crippen LogP contribution in [-0.2, 0) is 17.8 Å². The van der Waals surface area contributed by atoms with Gasteiger partial charge in [0, 0.05) is 64.3 Å². The molecule has 10 heteroatoms. The first-order chi connectivity index (χ1) is 18.0. The summed E-state index contributed by atoms with van der Waals surface area (Å²) in [5.41, 5.74) is 4.12. The number of anilines is 1. The first-order valence-corrected chi connectivity index (χ1v) is 12.4. The highest BCUT2D eigenvalue weighted by atomic mass is 19.1. The molecule has 1 saturated heterocycles. The van der Waals surface area contributed by atoms with Crippen molar-refractivity contribution in [3.8, 4) is 17.1 Å². The first-order valence-electron chi connectivity index (χ1n) is 12.4. The molecule has 0 atom stereocenters. The molecule has 2 aliphatic heterocycles. The SMILES string of the molecule is CC(=O)N1CCc2nc(N3CCC(Oc4ccc(F)cc4F)CC3)c(-c3cccc4nccn34)nc2C1. The summed E-state index contributed by atoms with van der Waals surface area (Å²) < 4.78 is 35.2. The number of hydrogen-bond donors (Lipinski definition) is 0. The van der Waals surface area contributed by atoms with Crippen LogP contribution >= 0.6 is 0 Å². The van der Waals surface area contributed by atoms with Crippen LogP contribution in [0.5, 0.6) is 5.75 Å². The van der Waals surface area contributed by atoms with Gasteiger partial charge in [0.2, 0.25) is 5.91 Å². The smallest absolute Gasteiger partial charge is 0.219 e. The summed E-state index contributed by atoms with van der Waals surface area (Å²) in [6, 6.07) is 9.25. The lowest BCUT2D eigenvalue weighted by molar-refractivity contribution is -0.129. The molecule has 190 valence electrons. The van der Waals surface area contributed by atoms with E-state index >= 15 is 0 Å². The van der Waals surface area contributed by atoms with Crippen LogP contribution in [0, 0.1) is 11.6 Å². The van der Waals surface area contributed by atoms with Crippen molar-refractivity contribution in [1.82, 2.24) is 24.3 Å². The van der Waals surface area contributed by atoms with Gasteiger partial charge in [-0.05, 0) is 24.3 Å². The molecule has 0 spiro atoms. The second-order valence-corrected chi connectivity index (χ2v) is 9.43. The number of piperidine rings is 1. The molecule has 3 aromatic heterocycles. The summed E-state index contributed by atoms with van der Waals surface area (Å²) in [5.74, 6) is -0.455. The Balaban J connectivity index is 1.32. The van der Waals surface area contributed by atoms with E-state index in [4.69, 9.17) is 14.7 Å². The van der Waals surface area contributed by atoms with Crippen molar-refractivity contribution in [1.29, 1.82) is 0 Å². The van der Waals surface area contributed by atoms with Crippen LogP contribution in [-0.4, -0.2) is 55.9 Å². The summed E-state index contributed by atoms with van der Waals surface area (Å²) in [7, 11) is 0. The standard InChI is InChI=1S/C27H26F2N6O2/c1-17(36)34-13-9-21-22(16-34)31-26(23-3-2-4-25-30-10-14-35(23)25)27(32-21)33-11-7-19(8-12-33)37-24-6-5-18(28)15-20(24)29/h2-6,10,14-15,19H,7-9,11-13,16H2,1H3. The summed E-state index contributed by atoms with van der Waals surface area (Å²) in [4.78, 5) is 30.6. The van der Waals surface area contributed by atoms with E-state index < -0.39 is 11.6 Å². The Morgan fingerprint density at radius 1 is 1.05 bits per heavy atom. The van der Waals surface area contributed by atoms with Crippen molar-refractivity contribution in [2.24, 2.45) is 0 Å². The van der Waals surface area contributed by atoms with Crippen LogP contribution in [0.4, 0.5) is 14.6 Å². The molecular formula is C27H26F2N6O2. The Bertz CT molecular complexity index is 1480. The Hall–Kier alpha value is -4.08. The quantitative estimate of drug-likeness (QED) is 0.418. The van der Waals surface area contributed by atoms with Crippen molar-refractivity contribution in [2.45, 2.75) is 38.8 Å². The lowest BCUT2D eigenvalue weighted by Crippen LogP contribution is -2.40. The maximum Gasteiger partial charge on any atom is 0.219 e. The zero-order valence-electron chi connectivity index (χ0n) is 20.4. The number of aromatic nitrogens is 4. The summed E-state index contributed by atoms with van der Waals surface area (Å²) in [6.07, 6.45) is 5.42. The number of rotatable bonds is 4. The predicted molar refractivity (Wildman–Crippen MR) is 133 cm³/mol. The minimum absolute atomic E-state index is 0.0226. The van der Waals surface area contributed by atoms with Gasteiger partial charge in [-0.25, -0.2) is 23.7 Å². The largest absolute Gasteiger partial charge is 0.487 e. The molecule has 1 fully saturated rings. The van der Waals surface area contributed by atoms with Crippen molar-refractivity contribution in [2.75, 3.05) is 24.5 Å². The van der Waals surface area contributed by atoms with Crippen LogP contribution in [0.1, 0.15) is 31.2 Å². The van der Waals surface area contributed by atoms with Gasteiger partial charge in [-0.3, -0.25) is 9.20 Å². The number of ether oxygens (including phenoxy) is 1. The van der Waals surface area contributed by atoms with Crippen LogP contribution < -0.4 is 9.64 Å². The highest BCUT2D eigenvalue weighted by Gasteiger charge is 2.29. The third kappa shape index (κ3) is 4.47. The van der Waals surface area contributed by atoms with E-state index in [9.17, 15) is 13.6 Å².